The number of carbonyl (C=O) groups is 3. The van der Waals surface area contributed by atoms with Gasteiger partial charge in [0.1, 0.15) is 23.4 Å². The van der Waals surface area contributed by atoms with E-state index in [1.807, 2.05) is 0 Å². The van der Waals surface area contributed by atoms with E-state index in [0.29, 0.717) is 12.1 Å². The van der Waals surface area contributed by atoms with Crippen molar-refractivity contribution in [2.75, 3.05) is 12.3 Å². The number of benzene rings is 1. The van der Waals surface area contributed by atoms with Crippen LogP contribution in [0.2, 0.25) is 0 Å². The maximum Gasteiger partial charge on any atom is 0.408 e. The second-order valence-electron chi connectivity index (χ2n) is 9.70. The van der Waals surface area contributed by atoms with Crippen LogP contribution in [0.25, 0.3) is 0 Å². The molecule has 0 aliphatic heterocycles. The van der Waals surface area contributed by atoms with Crippen molar-refractivity contribution in [1.82, 2.24) is 15.5 Å². The molecular weight excluding hydrogens is 454 g/mol. The van der Waals surface area contributed by atoms with Gasteiger partial charge >= 0.3 is 6.09 Å². The van der Waals surface area contributed by atoms with Crippen molar-refractivity contribution < 1.29 is 24.2 Å². The van der Waals surface area contributed by atoms with E-state index in [1.165, 1.54) is 12.1 Å². The van der Waals surface area contributed by atoms with E-state index in [2.05, 4.69) is 30.2 Å². The summed E-state index contributed by atoms with van der Waals surface area (Å²) in [4.78, 5) is 41.1. The van der Waals surface area contributed by atoms with Crippen LogP contribution >= 0.6 is 12.6 Å². The fourth-order valence-corrected chi connectivity index (χ4v) is 4.02. The van der Waals surface area contributed by atoms with E-state index >= 15 is 0 Å². The van der Waals surface area contributed by atoms with E-state index in [0.717, 1.165) is 38.5 Å². The molecular formula is C25H39N3O5S. The Morgan fingerprint density at radius 3 is 2.32 bits per heavy atom. The first-order valence-electron chi connectivity index (χ1n) is 12.1. The molecule has 8 nitrogen and oxygen atoms in total. The van der Waals surface area contributed by atoms with Crippen LogP contribution in [-0.2, 0) is 14.3 Å². The van der Waals surface area contributed by atoms with Gasteiger partial charge in [-0.15, -0.1) is 0 Å². The number of phenolic OH excluding ortho intramolecular Hbond substituents is 1. The molecule has 1 saturated carbocycles. The quantitative estimate of drug-likeness (QED) is 0.276. The first kappa shape index (κ1) is 27.8. The van der Waals surface area contributed by atoms with Gasteiger partial charge in [-0.3, -0.25) is 9.59 Å². The van der Waals surface area contributed by atoms with Gasteiger partial charge < -0.3 is 25.4 Å². The predicted octanol–water partition coefficient (Wildman–Crippen LogP) is 3.94. The number of unbranched alkanes of at least 4 members (excludes halogenated alkanes) is 2. The van der Waals surface area contributed by atoms with Crippen LogP contribution in [0.1, 0.15) is 77.8 Å². The Kier molecular flexibility index (Phi) is 10.5. The number of nitrogens with zero attached hydrogens (tertiary/aromatic N) is 1. The van der Waals surface area contributed by atoms with Crippen LogP contribution in [0, 0.1) is 0 Å². The van der Waals surface area contributed by atoms with Crippen molar-refractivity contribution in [2.24, 2.45) is 0 Å². The molecule has 9 heteroatoms. The number of alkyl carbamates (subject to hydrolysis) is 1. The molecule has 0 spiro atoms. The van der Waals surface area contributed by atoms with Crippen molar-refractivity contribution >= 4 is 30.5 Å². The number of aromatic hydroxyl groups is 1. The minimum Gasteiger partial charge on any atom is -0.508 e. The summed E-state index contributed by atoms with van der Waals surface area (Å²) >= 11 is 4.30. The summed E-state index contributed by atoms with van der Waals surface area (Å²) in [5.74, 6) is -0.529. The van der Waals surface area contributed by atoms with Gasteiger partial charge in [-0.25, -0.2) is 4.79 Å². The number of ether oxygens (including phenoxy) is 1. The standard InChI is InChI=1S/C25H39N3O5S/c1-5-6-7-15-26-22(30)21(17-11-13-19(29)14-12-17)28(18-9-8-10-18)23(31)20(16-34)27-24(32)33-25(2,3)4/h11-14,18,20-21,29,34H,5-10,15-16H2,1-4H3,(H,26,30)(H,27,32). The van der Waals surface area contributed by atoms with E-state index in [9.17, 15) is 19.5 Å². The number of carbonyl (C=O) groups excluding carboxylic acids is 3. The molecule has 2 unspecified atom stereocenters. The fourth-order valence-electron chi connectivity index (χ4n) is 3.78. The lowest BCUT2D eigenvalue weighted by Gasteiger charge is -2.43. The van der Waals surface area contributed by atoms with Crippen LogP contribution in [0.3, 0.4) is 0 Å². The summed E-state index contributed by atoms with van der Waals surface area (Å²) in [7, 11) is 0. The maximum absolute atomic E-state index is 13.7. The summed E-state index contributed by atoms with van der Waals surface area (Å²) in [6, 6.07) is 4.35. The summed E-state index contributed by atoms with van der Waals surface area (Å²) in [5, 5.41) is 15.3. The van der Waals surface area contributed by atoms with Crippen LogP contribution in [0.5, 0.6) is 5.75 Å². The Morgan fingerprint density at radius 1 is 1.18 bits per heavy atom. The molecule has 190 valence electrons. The first-order valence-corrected chi connectivity index (χ1v) is 12.7. The lowest BCUT2D eigenvalue weighted by Crippen LogP contribution is -2.58. The maximum atomic E-state index is 13.7. The summed E-state index contributed by atoms with van der Waals surface area (Å²) in [6.07, 6.45) is 4.67. The van der Waals surface area contributed by atoms with E-state index in [-0.39, 0.29) is 29.4 Å². The van der Waals surface area contributed by atoms with Gasteiger partial charge in [0, 0.05) is 18.3 Å². The van der Waals surface area contributed by atoms with E-state index < -0.39 is 23.8 Å². The summed E-state index contributed by atoms with van der Waals surface area (Å²) < 4.78 is 5.32. The molecule has 3 amide bonds. The zero-order valence-electron chi connectivity index (χ0n) is 20.7. The van der Waals surface area contributed by atoms with Gasteiger partial charge in [0.05, 0.1) is 0 Å². The molecule has 0 aromatic heterocycles. The van der Waals surface area contributed by atoms with Crippen molar-refractivity contribution in [1.29, 1.82) is 0 Å². The highest BCUT2D eigenvalue weighted by Crippen LogP contribution is 2.34. The Hall–Kier alpha value is -2.42. The third kappa shape index (κ3) is 8.11. The number of hydrogen-bond acceptors (Lipinski definition) is 6. The van der Waals surface area contributed by atoms with E-state index in [4.69, 9.17) is 4.74 Å². The second-order valence-corrected chi connectivity index (χ2v) is 10.1. The number of hydrogen-bond donors (Lipinski definition) is 4. The van der Waals surface area contributed by atoms with Gasteiger partial charge in [-0.1, -0.05) is 31.9 Å². The number of nitrogens with one attached hydrogen (secondary N) is 2. The van der Waals surface area contributed by atoms with Gasteiger partial charge in [0.15, 0.2) is 0 Å². The van der Waals surface area contributed by atoms with Gasteiger partial charge in [0.2, 0.25) is 11.8 Å². The average Bonchev–Trinajstić information content (AvgIpc) is 2.73. The van der Waals surface area contributed by atoms with Crippen molar-refractivity contribution in [3.8, 4) is 5.75 Å². The number of rotatable bonds is 11. The van der Waals surface area contributed by atoms with Crippen molar-refractivity contribution in [3.05, 3.63) is 29.8 Å². The van der Waals surface area contributed by atoms with Crippen LogP contribution in [0.4, 0.5) is 4.79 Å². The predicted molar refractivity (Wildman–Crippen MR) is 135 cm³/mol. The monoisotopic (exact) mass is 493 g/mol. The Labute approximate surface area is 208 Å². The molecule has 0 radical (unpaired) electrons. The first-order chi connectivity index (χ1) is 16.1. The highest BCUT2D eigenvalue weighted by molar-refractivity contribution is 7.80. The van der Waals surface area contributed by atoms with Crippen LogP contribution in [0.15, 0.2) is 24.3 Å². The fraction of sp³-hybridized carbons (Fsp3) is 0.640. The topological polar surface area (TPSA) is 108 Å². The molecule has 0 heterocycles. The van der Waals surface area contributed by atoms with Crippen LogP contribution < -0.4 is 10.6 Å². The van der Waals surface area contributed by atoms with Gasteiger partial charge in [-0.05, 0) is 64.2 Å². The lowest BCUT2D eigenvalue weighted by atomic mass is 9.88. The third-order valence-electron chi connectivity index (χ3n) is 5.71. The molecule has 0 bridgehead atoms. The molecule has 34 heavy (non-hydrogen) atoms. The number of amides is 3. The Bertz CT molecular complexity index is 821. The van der Waals surface area contributed by atoms with Crippen molar-refractivity contribution in [2.45, 2.75) is 89.9 Å². The number of phenols is 1. The van der Waals surface area contributed by atoms with Gasteiger partial charge in [0.25, 0.3) is 0 Å². The largest absolute Gasteiger partial charge is 0.508 e. The molecule has 1 aliphatic carbocycles. The van der Waals surface area contributed by atoms with E-state index in [1.54, 1.807) is 37.8 Å². The molecule has 0 saturated heterocycles. The third-order valence-corrected chi connectivity index (χ3v) is 6.07. The zero-order chi connectivity index (χ0) is 25.3. The minimum absolute atomic E-state index is 0.0573. The molecule has 2 atom stereocenters. The SMILES string of the molecule is CCCCCNC(=O)C(c1ccc(O)cc1)N(C(=O)C(CS)NC(=O)OC(C)(C)C)C1CCC1. The van der Waals surface area contributed by atoms with Crippen LogP contribution in [-0.4, -0.2) is 57.9 Å². The Balaban J connectivity index is 2.34. The smallest absolute Gasteiger partial charge is 0.408 e. The summed E-state index contributed by atoms with van der Waals surface area (Å²) in [5.41, 5.74) is -0.115. The Morgan fingerprint density at radius 2 is 1.82 bits per heavy atom. The van der Waals surface area contributed by atoms with Crippen molar-refractivity contribution in [3.63, 3.8) is 0 Å². The molecule has 3 N–H and O–H groups in total. The average molecular weight is 494 g/mol. The number of thiol groups is 1. The summed E-state index contributed by atoms with van der Waals surface area (Å²) in [6.45, 7) is 7.84. The normalized spacial score (nSPS) is 15.6. The second kappa shape index (κ2) is 12.9. The minimum atomic E-state index is -0.953. The zero-order valence-corrected chi connectivity index (χ0v) is 21.6. The molecule has 1 fully saturated rings. The molecule has 1 aromatic carbocycles. The highest BCUT2D eigenvalue weighted by Gasteiger charge is 2.41. The van der Waals surface area contributed by atoms with Gasteiger partial charge in [-0.2, -0.15) is 12.6 Å². The molecule has 1 aromatic rings. The molecule has 1 aliphatic rings. The highest BCUT2D eigenvalue weighted by atomic mass is 32.1. The molecule has 2 rings (SSSR count). The lowest BCUT2D eigenvalue weighted by molar-refractivity contribution is -0.147.